The van der Waals surface area contributed by atoms with E-state index < -0.39 is 0 Å². The van der Waals surface area contributed by atoms with E-state index in [-0.39, 0.29) is 0 Å². The summed E-state index contributed by atoms with van der Waals surface area (Å²) >= 11 is 1.83. The zero-order chi connectivity index (χ0) is 12.8. The number of nitriles is 1. The molecule has 0 aliphatic rings. The summed E-state index contributed by atoms with van der Waals surface area (Å²) in [5, 5.41) is 8.54. The van der Waals surface area contributed by atoms with Gasteiger partial charge in [-0.05, 0) is 23.4 Å². The number of nitrogens with zero attached hydrogens (tertiary/aromatic N) is 2. The highest BCUT2D eigenvalue weighted by molar-refractivity contribution is 7.99. The van der Waals surface area contributed by atoms with Crippen LogP contribution in [0.15, 0.2) is 35.4 Å². The fourth-order valence-corrected chi connectivity index (χ4v) is 2.37. The molecular weight excluding hydrogens is 242 g/mol. The topological polar surface area (TPSA) is 52.5 Å². The highest BCUT2D eigenvalue weighted by atomic mass is 32.2. The lowest BCUT2D eigenvalue weighted by Gasteiger charge is -2.00. The molecule has 3 nitrogen and oxygen atoms in total. The van der Waals surface area contributed by atoms with Crippen molar-refractivity contribution in [2.45, 2.75) is 24.7 Å². The predicted molar refractivity (Wildman–Crippen MR) is 74.4 cm³/mol. The normalized spacial score (nSPS) is 10.2. The molecule has 4 heteroatoms. The third-order valence-electron chi connectivity index (χ3n) is 2.58. The van der Waals surface area contributed by atoms with Crippen LogP contribution < -0.4 is 0 Å². The molecule has 18 heavy (non-hydrogen) atoms. The van der Waals surface area contributed by atoms with Gasteiger partial charge in [0.15, 0.2) is 0 Å². The fourth-order valence-electron chi connectivity index (χ4n) is 1.71. The summed E-state index contributed by atoms with van der Waals surface area (Å²) in [6.07, 6.45) is 3.01. The fraction of sp³-hybridized carbons (Fsp3) is 0.286. The SMILES string of the molecule is CCSc1ccc(-c2cnc(CCC#N)[nH]2)cc1. The Hall–Kier alpha value is -1.73. The average molecular weight is 257 g/mol. The van der Waals surface area contributed by atoms with Gasteiger partial charge >= 0.3 is 0 Å². The molecule has 0 spiro atoms. The maximum atomic E-state index is 8.54. The first-order valence-electron chi connectivity index (χ1n) is 5.97. The lowest BCUT2D eigenvalue weighted by molar-refractivity contribution is 0.918. The van der Waals surface area contributed by atoms with Crippen molar-refractivity contribution in [1.29, 1.82) is 5.26 Å². The summed E-state index contributed by atoms with van der Waals surface area (Å²) in [7, 11) is 0. The Labute approximate surface area is 111 Å². The van der Waals surface area contributed by atoms with Gasteiger partial charge in [-0.15, -0.1) is 11.8 Å². The van der Waals surface area contributed by atoms with E-state index in [9.17, 15) is 0 Å². The number of benzene rings is 1. The van der Waals surface area contributed by atoms with Gasteiger partial charge < -0.3 is 4.98 Å². The molecule has 92 valence electrons. The lowest BCUT2D eigenvalue weighted by Crippen LogP contribution is -1.86. The number of aromatic nitrogens is 2. The number of nitrogens with one attached hydrogen (secondary N) is 1. The van der Waals surface area contributed by atoms with E-state index in [1.54, 1.807) is 0 Å². The highest BCUT2D eigenvalue weighted by Crippen LogP contribution is 2.23. The van der Waals surface area contributed by atoms with Gasteiger partial charge in [0.1, 0.15) is 5.82 Å². The van der Waals surface area contributed by atoms with Gasteiger partial charge in [-0.2, -0.15) is 5.26 Å². The first-order chi connectivity index (χ1) is 8.83. The number of hydrogen-bond acceptors (Lipinski definition) is 3. The van der Waals surface area contributed by atoms with Gasteiger partial charge in [-0.25, -0.2) is 4.98 Å². The summed E-state index contributed by atoms with van der Waals surface area (Å²) in [6.45, 7) is 2.15. The van der Waals surface area contributed by atoms with Crippen LogP contribution >= 0.6 is 11.8 Å². The summed E-state index contributed by atoms with van der Waals surface area (Å²) < 4.78 is 0. The molecule has 1 aromatic heterocycles. The van der Waals surface area contributed by atoms with Crippen LogP contribution in [-0.2, 0) is 6.42 Å². The second-order valence-electron chi connectivity index (χ2n) is 3.86. The maximum Gasteiger partial charge on any atom is 0.107 e. The molecule has 0 fully saturated rings. The number of imidazole rings is 1. The van der Waals surface area contributed by atoms with Crippen molar-refractivity contribution in [3.05, 3.63) is 36.3 Å². The number of hydrogen-bond donors (Lipinski definition) is 1. The van der Waals surface area contributed by atoms with Gasteiger partial charge in [-0.1, -0.05) is 19.1 Å². The zero-order valence-electron chi connectivity index (χ0n) is 10.3. The van der Waals surface area contributed by atoms with E-state index in [4.69, 9.17) is 5.26 Å². The lowest BCUT2D eigenvalue weighted by atomic mass is 10.2. The van der Waals surface area contributed by atoms with Crippen molar-refractivity contribution in [3.63, 3.8) is 0 Å². The van der Waals surface area contributed by atoms with Gasteiger partial charge in [0.05, 0.1) is 18.0 Å². The molecule has 0 atom stereocenters. The molecule has 0 saturated carbocycles. The van der Waals surface area contributed by atoms with E-state index in [0.29, 0.717) is 12.8 Å². The van der Waals surface area contributed by atoms with Crippen LogP contribution in [0.2, 0.25) is 0 Å². The minimum Gasteiger partial charge on any atom is -0.342 e. The molecule has 0 aliphatic carbocycles. The van der Waals surface area contributed by atoms with Crippen molar-refractivity contribution >= 4 is 11.8 Å². The van der Waals surface area contributed by atoms with Crippen molar-refractivity contribution in [3.8, 4) is 17.3 Å². The van der Waals surface area contributed by atoms with Gasteiger partial charge in [0, 0.05) is 17.7 Å². The molecule has 2 rings (SSSR count). The van der Waals surface area contributed by atoms with Crippen LogP contribution in [0.25, 0.3) is 11.3 Å². The zero-order valence-corrected chi connectivity index (χ0v) is 11.1. The van der Waals surface area contributed by atoms with Crippen molar-refractivity contribution < 1.29 is 0 Å². The Kier molecular flexibility index (Phi) is 4.43. The van der Waals surface area contributed by atoms with Crippen molar-refractivity contribution in [2.24, 2.45) is 0 Å². The Morgan fingerprint density at radius 2 is 2.11 bits per heavy atom. The molecule has 0 saturated heterocycles. The van der Waals surface area contributed by atoms with Crippen LogP contribution in [0, 0.1) is 11.3 Å². The number of rotatable bonds is 5. The Balaban J connectivity index is 2.11. The molecule has 0 radical (unpaired) electrons. The molecule has 0 unspecified atom stereocenters. The van der Waals surface area contributed by atoms with Gasteiger partial charge in [-0.3, -0.25) is 0 Å². The van der Waals surface area contributed by atoms with Crippen LogP contribution in [0.4, 0.5) is 0 Å². The summed E-state index contributed by atoms with van der Waals surface area (Å²) in [5.41, 5.74) is 2.14. The van der Waals surface area contributed by atoms with Crippen molar-refractivity contribution in [2.75, 3.05) is 5.75 Å². The number of H-pyrrole nitrogens is 1. The smallest absolute Gasteiger partial charge is 0.107 e. The van der Waals surface area contributed by atoms with Crippen LogP contribution in [0.3, 0.4) is 0 Å². The van der Waals surface area contributed by atoms with E-state index >= 15 is 0 Å². The van der Waals surface area contributed by atoms with E-state index in [0.717, 1.165) is 22.8 Å². The molecule has 0 amide bonds. The summed E-state index contributed by atoms with van der Waals surface area (Å²) in [5.74, 6) is 1.96. The third kappa shape index (κ3) is 3.14. The monoisotopic (exact) mass is 257 g/mol. The van der Waals surface area contributed by atoms with E-state index in [2.05, 4.69) is 47.2 Å². The van der Waals surface area contributed by atoms with Crippen molar-refractivity contribution in [1.82, 2.24) is 9.97 Å². The van der Waals surface area contributed by atoms with Crippen LogP contribution in [0.1, 0.15) is 19.2 Å². The maximum absolute atomic E-state index is 8.54. The standard InChI is InChI=1S/C14H15N3S/c1-2-18-12-7-5-11(6-8-12)13-10-16-14(17-13)4-3-9-15/h5-8,10H,2-4H2,1H3,(H,16,17). The average Bonchev–Trinajstić information content (AvgIpc) is 2.86. The minimum atomic E-state index is 0.499. The second kappa shape index (κ2) is 6.27. The summed E-state index contributed by atoms with van der Waals surface area (Å²) in [6, 6.07) is 10.6. The number of aryl methyl sites for hydroxylation is 1. The Morgan fingerprint density at radius 1 is 1.33 bits per heavy atom. The third-order valence-corrected chi connectivity index (χ3v) is 3.47. The summed E-state index contributed by atoms with van der Waals surface area (Å²) in [4.78, 5) is 8.81. The van der Waals surface area contributed by atoms with E-state index in [1.807, 2.05) is 18.0 Å². The minimum absolute atomic E-state index is 0.499. The molecule has 0 aliphatic heterocycles. The molecule has 0 bridgehead atoms. The molecule has 2 aromatic rings. The quantitative estimate of drug-likeness (QED) is 0.832. The first-order valence-corrected chi connectivity index (χ1v) is 6.96. The van der Waals surface area contributed by atoms with Gasteiger partial charge in [0.2, 0.25) is 0 Å². The predicted octanol–water partition coefficient (Wildman–Crippen LogP) is 3.64. The Morgan fingerprint density at radius 3 is 2.78 bits per heavy atom. The Bertz CT molecular complexity index is 537. The first kappa shape index (κ1) is 12.7. The largest absolute Gasteiger partial charge is 0.342 e. The van der Waals surface area contributed by atoms with Gasteiger partial charge in [0.25, 0.3) is 0 Å². The highest BCUT2D eigenvalue weighted by Gasteiger charge is 2.03. The van der Waals surface area contributed by atoms with Crippen LogP contribution in [0.5, 0.6) is 0 Å². The second-order valence-corrected chi connectivity index (χ2v) is 5.20. The number of aromatic amines is 1. The molecule has 1 N–H and O–H groups in total. The molecule has 1 aromatic carbocycles. The van der Waals surface area contributed by atoms with Crippen LogP contribution in [-0.4, -0.2) is 15.7 Å². The van der Waals surface area contributed by atoms with E-state index in [1.165, 1.54) is 4.90 Å². The molecular formula is C14H15N3S. The molecule has 1 heterocycles. The number of thioether (sulfide) groups is 1.